The van der Waals surface area contributed by atoms with Crippen LogP contribution in [-0.4, -0.2) is 12.1 Å². The molecule has 0 aliphatic rings. The number of ketones is 1. The van der Waals surface area contributed by atoms with E-state index in [0.717, 1.165) is 23.5 Å². The predicted molar refractivity (Wildman–Crippen MR) is 83.4 cm³/mol. The quantitative estimate of drug-likeness (QED) is 0.426. The number of benzene rings is 2. The van der Waals surface area contributed by atoms with E-state index < -0.39 is 23.7 Å². The first-order chi connectivity index (χ1) is 11.2. The van der Waals surface area contributed by atoms with E-state index in [1.807, 2.05) is 0 Å². The molecule has 2 aromatic carbocycles. The van der Waals surface area contributed by atoms with Crippen molar-refractivity contribution in [2.24, 2.45) is 0 Å². The normalized spacial score (nSPS) is 11.7. The molecule has 0 fully saturated rings. The number of carbonyl (C=O) groups is 1. The van der Waals surface area contributed by atoms with E-state index in [4.69, 9.17) is 11.6 Å². The summed E-state index contributed by atoms with van der Waals surface area (Å²) in [5, 5.41) is 0.735. The zero-order chi connectivity index (χ0) is 17.5. The topological polar surface area (TPSA) is 26.3 Å². The summed E-state index contributed by atoms with van der Waals surface area (Å²) in [5.41, 5.74) is 0.151. The molecular formula is C16H7ClF4O2S. The summed E-state index contributed by atoms with van der Waals surface area (Å²) in [4.78, 5) is 12.7. The SMILES string of the molecule is O=C(c1ccc(OC(F)(F)F)cc1)c1sc2cc(F)ccc2c1Cl. The predicted octanol–water partition coefficient (Wildman–Crippen LogP) is 5.82. The van der Waals surface area contributed by atoms with Crippen LogP contribution in [0.5, 0.6) is 5.75 Å². The zero-order valence-corrected chi connectivity index (χ0v) is 13.2. The highest BCUT2D eigenvalue weighted by atomic mass is 35.5. The molecule has 0 spiro atoms. The van der Waals surface area contributed by atoms with Crippen molar-refractivity contribution < 1.29 is 27.1 Å². The van der Waals surface area contributed by atoms with Gasteiger partial charge in [-0.1, -0.05) is 11.6 Å². The first-order valence-corrected chi connectivity index (χ1v) is 7.72. The van der Waals surface area contributed by atoms with Crippen LogP contribution in [0.3, 0.4) is 0 Å². The van der Waals surface area contributed by atoms with E-state index in [0.29, 0.717) is 10.1 Å². The summed E-state index contributed by atoms with van der Waals surface area (Å²) in [7, 11) is 0. The number of alkyl halides is 3. The van der Waals surface area contributed by atoms with E-state index in [2.05, 4.69) is 4.74 Å². The van der Waals surface area contributed by atoms with Crippen molar-refractivity contribution in [3.8, 4) is 5.75 Å². The Morgan fingerprint density at radius 2 is 1.75 bits per heavy atom. The molecule has 0 saturated carbocycles. The summed E-state index contributed by atoms with van der Waals surface area (Å²) >= 11 is 7.19. The van der Waals surface area contributed by atoms with Crippen molar-refractivity contribution in [2.45, 2.75) is 6.36 Å². The van der Waals surface area contributed by atoms with Crippen LogP contribution < -0.4 is 4.74 Å². The lowest BCUT2D eigenvalue weighted by atomic mass is 10.1. The molecular weight excluding hydrogens is 368 g/mol. The van der Waals surface area contributed by atoms with E-state index >= 15 is 0 Å². The Bertz CT molecular complexity index is 916. The second-order valence-electron chi connectivity index (χ2n) is 4.79. The summed E-state index contributed by atoms with van der Waals surface area (Å²) in [6.07, 6.45) is -4.80. The van der Waals surface area contributed by atoms with Crippen LogP contribution in [0, 0.1) is 5.82 Å². The van der Waals surface area contributed by atoms with Crippen LogP contribution in [0.1, 0.15) is 15.2 Å². The van der Waals surface area contributed by atoms with Gasteiger partial charge in [-0.3, -0.25) is 4.79 Å². The maximum absolute atomic E-state index is 13.3. The number of carbonyl (C=O) groups excluding carboxylic acids is 1. The third-order valence-corrected chi connectivity index (χ3v) is 4.80. The number of halogens is 5. The molecule has 0 radical (unpaired) electrons. The Balaban J connectivity index is 1.93. The van der Waals surface area contributed by atoms with Crippen molar-refractivity contribution in [3.63, 3.8) is 0 Å². The maximum atomic E-state index is 13.3. The van der Waals surface area contributed by atoms with Gasteiger partial charge >= 0.3 is 6.36 Å². The highest BCUT2D eigenvalue weighted by Gasteiger charge is 2.31. The first-order valence-electron chi connectivity index (χ1n) is 6.52. The lowest BCUT2D eigenvalue weighted by molar-refractivity contribution is -0.274. The lowest BCUT2D eigenvalue weighted by Crippen LogP contribution is -2.17. The fourth-order valence-corrected chi connectivity index (χ4v) is 3.63. The van der Waals surface area contributed by atoms with Gasteiger partial charge in [0.25, 0.3) is 0 Å². The van der Waals surface area contributed by atoms with Gasteiger partial charge in [0.15, 0.2) is 0 Å². The molecule has 124 valence electrons. The smallest absolute Gasteiger partial charge is 0.406 e. The summed E-state index contributed by atoms with van der Waals surface area (Å²) < 4.78 is 53.9. The van der Waals surface area contributed by atoms with E-state index in [1.54, 1.807) is 0 Å². The van der Waals surface area contributed by atoms with E-state index in [1.165, 1.54) is 30.3 Å². The molecule has 2 nitrogen and oxygen atoms in total. The molecule has 0 unspecified atom stereocenters. The molecule has 0 aliphatic carbocycles. The van der Waals surface area contributed by atoms with Gasteiger partial charge in [0.05, 0.1) is 9.90 Å². The minimum Gasteiger partial charge on any atom is -0.406 e. The number of hydrogen-bond acceptors (Lipinski definition) is 3. The molecule has 3 aromatic rings. The van der Waals surface area contributed by atoms with Gasteiger partial charge in [-0.15, -0.1) is 24.5 Å². The average Bonchev–Trinajstić information content (AvgIpc) is 2.82. The summed E-state index contributed by atoms with van der Waals surface area (Å²) in [6.45, 7) is 0. The summed E-state index contributed by atoms with van der Waals surface area (Å²) in [6, 6.07) is 8.49. The number of thiophene rings is 1. The van der Waals surface area contributed by atoms with Gasteiger partial charge in [-0.2, -0.15) is 0 Å². The molecule has 0 aliphatic heterocycles. The molecule has 1 aromatic heterocycles. The van der Waals surface area contributed by atoms with Gasteiger partial charge in [-0.25, -0.2) is 4.39 Å². The van der Waals surface area contributed by atoms with Crippen molar-refractivity contribution in [2.75, 3.05) is 0 Å². The summed E-state index contributed by atoms with van der Waals surface area (Å²) in [5.74, 6) is -1.34. The molecule has 24 heavy (non-hydrogen) atoms. The van der Waals surface area contributed by atoms with Gasteiger partial charge < -0.3 is 4.74 Å². The molecule has 8 heteroatoms. The number of fused-ring (bicyclic) bond motifs is 1. The Morgan fingerprint density at radius 1 is 1.08 bits per heavy atom. The van der Waals surface area contributed by atoms with Crippen LogP contribution in [0.15, 0.2) is 42.5 Å². The lowest BCUT2D eigenvalue weighted by Gasteiger charge is -2.08. The monoisotopic (exact) mass is 374 g/mol. The van der Waals surface area contributed by atoms with Crippen LogP contribution in [0.25, 0.3) is 10.1 Å². The molecule has 0 amide bonds. The Kier molecular flexibility index (Phi) is 4.23. The third kappa shape index (κ3) is 3.37. The number of rotatable bonds is 3. The van der Waals surface area contributed by atoms with Gasteiger partial charge in [0.1, 0.15) is 11.6 Å². The Morgan fingerprint density at radius 3 is 2.38 bits per heavy atom. The van der Waals surface area contributed by atoms with E-state index in [9.17, 15) is 22.4 Å². The molecule has 1 heterocycles. The molecule has 0 atom stereocenters. The maximum Gasteiger partial charge on any atom is 0.573 e. The second-order valence-corrected chi connectivity index (χ2v) is 6.22. The molecule has 0 bridgehead atoms. The van der Waals surface area contributed by atoms with Gasteiger partial charge in [0.2, 0.25) is 5.78 Å². The largest absolute Gasteiger partial charge is 0.573 e. The van der Waals surface area contributed by atoms with Crippen molar-refractivity contribution in [1.29, 1.82) is 0 Å². The zero-order valence-electron chi connectivity index (χ0n) is 11.7. The fourth-order valence-electron chi connectivity index (χ4n) is 2.12. The average molecular weight is 375 g/mol. The minimum atomic E-state index is -4.80. The van der Waals surface area contributed by atoms with Crippen molar-refractivity contribution >= 4 is 38.8 Å². The van der Waals surface area contributed by atoms with Gasteiger partial charge in [0, 0.05) is 15.6 Å². The molecule has 0 saturated heterocycles. The van der Waals surface area contributed by atoms with Crippen LogP contribution >= 0.6 is 22.9 Å². The number of ether oxygens (including phenoxy) is 1. The first kappa shape index (κ1) is 16.7. The Hall–Kier alpha value is -2.12. The Labute approximate surface area is 142 Å². The highest BCUT2D eigenvalue weighted by Crippen LogP contribution is 2.37. The number of hydrogen-bond donors (Lipinski definition) is 0. The second kappa shape index (κ2) is 6.07. The molecule has 3 rings (SSSR count). The van der Waals surface area contributed by atoms with Gasteiger partial charge in [-0.05, 0) is 42.5 Å². The fraction of sp³-hybridized carbons (Fsp3) is 0.0625. The van der Waals surface area contributed by atoms with Crippen molar-refractivity contribution in [1.82, 2.24) is 0 Å². The highest BCUT2D eigenvalue weighted by molar-refractivity contribution is 7.21. The van der Waals surface area contributed by atoms with Crippen LogP contribution in [0.2, 0.25) is 5.02 Å². The standard InChI is InChI=1S/C16H7ClF4O2S/c17-13-11-6-3-9(18)7-12(11)24-15(13)14(22)8-1-4-10(5-2-8)23-16(19,20)21/h1-7H. The third-order valence-electron chi connectivity index (χ3n) is 3.15. The van der Waals surface area contributed by atoms with Crippen molar-refractivity contribution in [3.05, 3.63) is 63.7 Å². The van der Waals surface area contributed by atoms with E-state index in [-0.39, 0.29) is 15.5 Å². The molecule has 0 N–H and O–H groups in total. The van der Waals surface area contributed by atoms with Crippen LogP contribution in [-0.2, 0) is 0 Å². The van der Waals surface area contributed by atoms with Crippen LogP contribution in [0.4, 0.5) is 17.6 Å². The minimum absolute atomic E-state index is 0.151.